The molecule has 1 aromatic rings. The summed E-state index contributed by atoms with van der Waals surface area (Å²) in [4.78, 5) is 0. The lowest BCUT2D eigenvalue weighted by Crippen LogP contribution is -2.54. The predicted octanol–water partition coefficient (Wildman–Crippen LogP) is 4.04. The number of rotatable bonds is 4. The van der Waals surface area contributed by atoms with Crippen LogP contribution in [0.15, 0.2) is 6.07 Å². The first-order chi connectivity index (χ1) is 10.2. The molecule has 2 nitrogen and oxygen atoms in total. The Bertz CT molecular complexity index is 500. The molecule has 0 spiro atoms. The molecule has 1 heterocycles. The molecular weight excluding hydrogens is 256 g/mol. The van der Waals surface area contributed by atoms with E-state index >= 15 is 0 Å². The van der Waals surface area contributed by atoms with E-state index < -0.39 is 0 Å². The van der Waals surface area contributed by atoms with E-state index in [-0.39, 0.29) is 0 Å². The molecule has 4 fully saturated rings. The topological polar surface area (TPSA) is 17.0 Å². The van der Waals surface area contributed by atoms with Crippen molar-refractivity contribution in [2.24, 2.45) is 23.7 Å². The number of aryl methyl sites for hydroxylation is 1. The van der Waals surface area contributed by atoms with Crippen LogP contribution in [-0.2, 0) is 13.1 Å². The van der Waals surface area contributed by atoms with Crippen molar-refractivity contribution in [3.8, 4) is 0 Å². The van der Waals surface area contributed by atoms with E-state index in [2.05, 4.69) is 36.7 Å². The largest absolute Gasteiger partial charge is 0.349 e. The first-order valence-corrected chi connectivity index (χ1v) is 9.04. The Kier molecular flexibility index (Phi) is 3.40. The molecule has 4 aliphatic rings. The summed E-state index contributed by atoms with van der Waals surface area (Å²) in [5.41, 5.74) is 4.39. The number of nitrogens with zero attached hydrogens (tertiary/aromatic N) is 1. The Morgan fingerprint density at radius 2 is 1.67 bits per heavy atom. The van der Waals surface area contributed by atoms with Crippen LogP contribution in [-0.4, -0.2) is 10.6 Å². The van der Waals surface area contributed by atoms with Gasteiger partial charge in [0, 0.05) is 30.5 Å². The molecule has 4 aliphatic carbocycles. The Morgan fingerprint density at radius 3 is 2.19 bits per heavy atom. The zero-order chi connectivity index (χ0) is 14.6. The summed E-state index contributed by atoms with van der Waals surface area (Å²) in [6.07, 6.45) is 7.60. The second kappa shape index (κ2) is 5.15. The normalized spacial score (nSPS) is 37.4. The van der Waals surface area contributed by atoms with Crippen molar-refractivity contribution < 1.29 is 0 Å². The highest BCUT2D eigenvalue weighted by Crippen LogP contribution is 2.53. The molecule has 0 amide bonds. The number of aromatic nitrogens is 1. The predicted molar refractivity (Wildman–Crippen MR) is 87.3 cm³/mol. The SMILES string of the molecule is CCn1c(C)cc(CNC2C3CC4CC(C3)CC2C4)c1C. The van der Waals surface area contributed by atoms with Gasteiger partial charge in [-0.3, -0.25) is 0 Å². The number of nitrogens with one attached hydrogen (secondary N) is 1. The average Bonchev–Trinajstić information content (AvgIpc) is 2.71. The van der Waals surface area contributed by atoms with Gasteiger partial charge in [0.25, 0.3) is 0 Å². The molecule has 0 aromatic carbocycles. The van der Waals surface area contributed by atoms with Crippen molar-refractivity contribution in [3.63, 3.8) is 0 Å². The molecule has 4 saturated carbocycles. The van der Waals surface area contributed by atoms with Gasteiger partial charge in [0.2, 0.25) is 0 Å². The third-order valence-electron chi connectivity index (χ3n) is 6.75. The van der Waals surface area contributed by atoms with Gasteiger partial charge in [0.05, 0.1) is 0 Å². The second-order valence-electron chi connectivity index (χ2n) is 7.98. The molecule has 0 saturated heterocycles. The summed E-state index contributed by atoms with van der Waals surface area (Å²) in [7, 11) is 0. The van der Waals surface area contributed by atoms with Gasteiger partial charge in [-0.25, -0.2) is 0 Å². The van der Waals surface area contributed by atoms with Crippen LogP contribution in [0.4, 0.5) is 0 Å². The monoisotopic (exact) mass is 286 g/mol. The molecule has 5 rings (SSSR count). The van der Waals surface area contributed by atoms with Crippen molar-refractivity contribution in [2.45, 2.75) is 72.0 Å². The van der Waals surface area contributed by atoms with Gasteiger partial charge in [0.15, 0.2) is 0 Å². The number of hydrogen-bond donors (Lipinski definition) is 1. The standard InChI is InChI=1S/C19H30N2/c1-4-21-12(2)5-18(13(21)3)11-20-19-16-7-14-6-15(9-16)10-17(19)8-14/h5,14-17,19-20H,4,6-11H2,1-3H3. The van der Waals surface area contributed by atoms with Crippen molar-refractivity contribution in [1.29, 1.82) is 0 Å². The van der Waals surface area contributed by atoms with E-state index in [9.17, 15) is 0 Å². The maximum Gasteiger partial charge on any atom is 0.0226 e. The maximum absolute atomic E-state index is 3.97. The molecule has 1 N–H and O–H groups in total. The van der Waals surface area contributed by atoms with Gasteiger partial charge >= 0.3 is 0 Å². The first kappa shape index (κ1) is 13.9. The highest BCUT2D eigenvalue weighted by atomic mass is 15.0. The summed E-state index contributed by atoms with van der Waals surface area (Å²) in [5.74, 6) is 4.12. The van der Waals surface area contributed by atoms with Crippen molar-refractivity contribution in [2.75, 3.05) is 0 Å². The van der Waals surface area contributed by atoms with Gasteiger partial charge in [0.1, 0.15) is 0 Å². The van der Waals surface area contributed by atoms with Crippen LogP contribution in [0.1, 0.15) is 56.0 Å². The van der Waals surface area contributed by atoms with E-state index in [1.165, 1.54) is 42.6 Å². The molecule has 0 unspecified atom stereocenters. The molecule has 0 radical (unpaired) electrons. The van der Waals surface area contributed by atoms with E-state index in [1.807, 2.05) is 0 Å². The van der Waals surface area contributed by atoms with Gasteiger partial charge in [-0.15, -0.1) is 0 Å². The quantitative estimate of drug-likeness (QED) is 0.884. The van der Waals surface area contributed by atoms with E-state index in [4.69, 9.17) is 0 Å². The van der Waals surface area contributed by atoms with Gasteiger partial charge < -0.3 is 9.88 Å². The molecule has 1 aromatic heterocycles. The zero-order valence-electron chi connectivity index (χ0n) is 13.9. The molecular formula is C19H30N2. The Labute approximate surface area is 129 Å². The van der Waals surface area contributed by atoms with Gasteiger partial charge in [-0.05, 0) is 88.2 Å². The lowest BCUT2D eigenvalue weighted by atomic mass is 9.54. The van der Waals surface area contributed by atoms with Gasteiger partial charge in [-0.2, -0.15) is 0 Å². The Balaban J connectivity index is 1.45. The second-order valence-corrected chi connectivity index (χ2v) is 7.98. The minimum absolute atomic E-state index is 0.808. The minimum Gasteiger partial charge on any atom is -0.349 e. The van der Waals surface area contributed by atoms with Crippen LogP contribution in [0.2, 0.25) is 0 Å². The van der Waals surface area contributed by atoms with Crippen LogP contribution in [0.25, 0.3) is 0 Å². The molecule has 4 bridgehead atoms. The molecule has 0 atom stereocenters. The maximum atomic E-state index is 3.97. The number of hydrogen-bond acceptors (Lipinski definition) is 1. The fraction of sp³-hybridized carbons (Fsp3) is 0.789. The Morgan fingerprint density at radius 1 is 1.05 bits per heavy atom. The zero-order valence-corrected chi connectivity index (χ0v) is 13.9. The Hall–Kier alpha value is -0.760. The highest BCUT2D eigenvalue weighted by Gasteiger charge is 2.47. The fourth-order valence-corrected chi connectivity index (χ4v) is 6.02. The smallest absolute Gasteiger partial charge is 0.0226 e. The fourth-order valence-electron chi connectivity index (χ4n) is 6.02. The minimum atomic E-state index is 0.808. The molecule has 0 aliphatic heterocycles. The average molecular weight is 286 g/mol. The van der Waals surface area contributed by atoms with E-state index in [0.29, 0.717) is 0 Å². The third kappa shape index (κ3) is 2.27. The van der Waals surface area contributed by atoms with Crippen LogP contribution < -0.4 is 5.32 Å². The first-order valence-electron chi connectivity index (χ1n) is 9.04. The summed E-state index contributed by atoms with van der Waals surface area (Å²) in [6, 6.07) is 3.20. The summed E-state index contributed by atoms with van der Waals surface area (Å²) in [6.45, 7) is 8.94. The third-order valence-corrected chi connectivity index (χ3v) is 6.75. The molecule has 21 heavy (non-hydrogen) atoms. The summed E-state index contributed by atoms with van der Waals surface area (Å²) < 4.78 is 2.44. The van der Waals surface area contributed by atoms with E-state index in [0.717, 1.165) is 42.8 Å². The van der Waals surface area contributed by atoms with Gasteiger partial charge in [-0.1, -0.05) is 0 Å². The molecule has 2 heteroatoms. The van der Waals surface area contributed by atoms with Crippen LogP contribution in [0.3, 0.4) is 0 Å². The lowest BCUT2D eigenvalue weighted by molar-refractivity contribution is -0.0142. The lowest BCUT2D eigenvalue weighted by Gasteiger charge is -2.54. The highest BCUT2D eigenvalue weighted by molar-refractivity contribution is 5.26. The molecule has 116 valence electrons. The van der Waals surface area contributed by atoms with Crippen molar-refractivity contribution in [3.05, 3.63) is 23.0 Å². The van der Waals surface area contributed by atoms with Crippen molar-refractivity contribution in [1.82, 2.24) is 9.88 Å². The van der Waals surface area contributed by atoms with Crippen LogP contribution in [0, 0.1) is 37.5 Å². The van der Waals surface area contributed by atoms with Crippen LogP contribution >= 0.6 is 0 Å². The van der Waals surface area contributed by atoms with Crippen molar-refractivity contribution >= 4 is 0 Å². The van der Waals surface area contributed by atoms with E-state index in [1.54, 1.807) is 6.42 Å². The van der Waals surface area contributed by atoms with Crippen LogP contribution in [0.5, 0.6) is 0 Å². The summed E-state index contributed by atoms with van der Waals surface area (Å²) in [5, 5.41) is 3.97. The summed E-state index contributed by atoms with van der Waals surface area (Å²) >= 11 is 0.